The van der Waals surface area contributed by atoms with Gasteiger partial charge in [0, 0.05) is 18.7 Å². The first-order chi connectivity index (χ1) is 8.96. The van der Waals surface area contributed by atoms with Crippen molar-refractivity contribution in [1.29, 1.82) is 0 Å². The van der Waals surface area contributed by atoms with Crippen LogP contribution in [0.5, 0.6) is 0 Å². The molecule has 19 heavy (non-hydrogen) atoms. The highest BCUT2D eigenvalue weighted by atomic mass is 19.1. The van der Waals surface area contributed by atoms with E-state index in [1.165, 1.54) is 0 Å². The summed E-state index contributed by atoms with van der Waals surface area (Å²) in [6, 6.07) is 2.18. The number of rotatable bonds is 5. The highest BCUT2D eigenvalue weighted by Gasteiger charge is 2.20. The van der Waals surface area contributed by atoms with Crippen LogP contribution in [0.2, 0.25) is 0 Å². The van der Waals surface area contributed by atoms with Gasteiger partial charge in [-0.05, 0) is 25.0 Å². The summed E-state index contributed by atoms with van der Waals surface area (Å²) in [5, 5.41) is 11.3. The van der Waals surface area contributed by atoms with Crippen LogP contribution >= 0.6 is 0 Å². The van der Waals surface area contributed by atoms with Crippen LogP contribution in [-0.2, 0) is 0 Å². The van der Waals surface area contributed by atoms with Crippen LogP contribution in [0.15, 0.2) is 17.3 Å². The summed E-state index contributed by atoms with van der Waals surface area (Å²) in [4.78, 5) is 1.58. The van der Waals surface area contributed by atoms with Crippen molar-refractivity contribution < 1.29 is 14.0 Å². The number of amidine groups is 1. The maximum absolute atomic E-state index is 14.0. The Morgan fingerprint density at radius 1 is 1.32 bits per heavy atom. The van der Waals surface area contributed by atoms with Crippen LogP contribution in [0.4, 0.5) is 14.5 Å². The fourth-order valence-corrected chi connectivity index (χ4v) is 2.13. The molecule has 0 fully saturated rings. The van der Waals surface area contributed by atoms with E-state index in [-0.39, 0.29) is 23.1 Å². The third-order valence-corrected chi connectivity index (χ3v) is 3.26. The molecule has 0 aromatic heterocycles. The lowest BCUT2D eigenvalue weighted by Gasteiger charge is -2.29. The monoisotopic (exact) mass is 271 g/mol. The minimum atomic E-state index is -0.726. The molecule has 0 spiro atoms. The number of halogens is 2. The third kappa shape index (κ3) is 3.13. The van der Waals surface area contributed by atoms with E-state index in [0.717, 1.165) is 25.0 Å². The molecule has 0 aliphatic heterocycles. The molecular weight excluding hydrogens is 252 g/mol. The van der Waals surface area contributed by atoms with Gasteiger partial charge in [-0.15, -0.1) is 0 Å². The molecular formula is C13H19F2N3O. The number of anilines is 1. The third-order valence-electron chi connectivity index (χ3n) is 3.26. The van der Waals surface area contributed by atoms with Gasteiger partial charge < -0.3 is 15.8 Å². The molecule has 4 nitrogen and oxygen atoms in total. The van der Waals surface area contributed by atoms with Gasteiger partial charge in [-0.2, -0.15) is 0 Å². The average Bonchev–Trinajstić information content (AvgIpc) is 2.38. The first-order valence-corrected chi connectivity index (χ1v) is 6.15. The van der Waals surface area contributed by atoms with Crippen molar-refractivity contribution in [3.05, 3.63) is 29.3 Å². The number of hydrogen-bond acceptors (Lipinski definition) is 3. The van der Waals surface area contributed by atoms with Gasteiger partial charge in [0.15, 0.2) is 5.84 Å². The van der Waals surface area contributed by atoms with Crippen molar-refractivity contribution in [2.24, 2.45) is 10.9 Å². The lowest BCUT2D eigenvalue weighted by molar-refractivity contribution is 0.318. The number of nitrogens with zero attached hydrogens (tertiary/aromatic N) is 2. The molecule has 1 rings (SSSR count). The second-order valence-electron chi connectivity index (χ2n) is 4.35. The molecule has 0 amide bonds. The number of benzene rings is 1. The zero-order valence-electron chi connectivity index (χ0n) is 11.3. The summed E-state index contributed by atoms with van der Waals surface area (Å²) in [5.41, 5.74) is 5.24. The molecule has 0 bridgehead atoms. The molecule has 106 valence electrons. The Kier molecular flexibility index (Phi) is 5.09. The van der Waals surface area contributed by atoms with Crippen molar-refractivity contribution in [3.8, 4) is 0 Å². The van der Waals surface area contributed by atoms with Crippen molar-refractivity contribution in [2.75, 3.05) is 11.9 Å². The predicted molar refractivity (Wildman–Crippen MR) is 71.6 cm³/mol. The zero-order chi connectivity index (χ0) is 14.6. The van der Waals surface area contributed by atoms with Crippen LogP contribution < -0.4 is 10.6 Å². The maximum atomic E-state index is 14.0. The lowest BCUT2D eigenvalue weighted by atomic mass is 10.1. The average molecular weight is 271 g/mol. The second kappa shape index (κ2) is 6.36. The van der Waals surface area contributed by atoms with Crippen LogP contribution in [0.25, 0.3) is 0 Å². The van der Waals surface area contributed by atoms with Crippen molar-refractivity contribution in [2.45, 2.75) is 32.7 Å². The lowest BCUT2D eigenvalue weighted by Crippen LogP contribution is -2.32. The van der Waals surface area contributed by atoms with Crippen LogP contribution in [0.1, 0.15) is 32.3 Å². The Labute approximate surface area is 111 Å². The zero-order valence-corrected chi connectivity index (χ0v) is 11.3. The van der Waals surface area contributed by atoms with Crippen molar-refractivity contribution in [3.63, 3.8) is 0 Å². The Morgan fingerprint density at radius 2 is 1.79 bits per heavy atom. The summed E-state index contributed by atoms with van der Waals surface area (Å²) in [6.07, 6.45) is 1.57. The number of nitrogens with two attached hydrogens (primary N) is 1. The quantitative estimate of drug-likeness (QED) is 0.374. The standard InChI is InChI=1S/C13H19F2N3O/c1-4-9(5-2)18(3)12-10(14)6-8(7-11(12)15)13(16)17-19/h6-7,9,19H,4-5H2,1-3H3,(H2,16,17). The van der Waals surface area contributed by atoms with Crippen LogP contribution in [0.3, 0.4) is 0 Å². The first-order valence-electron chi connectivity index (χ1n) is 6.15. The molecule has 0 saturated heterocycles. The molecule has 0 aliphatic rings. The Balaban J connectivity index is 3.24. The van der Waals surface area contributed by atoms with E-state index in [9.17, 15) is 8.78 Å². The first kappa shape index (κ1) is 15.2. The summed E-state index contributed by atoms with van der Waals surface area (Å²) in [5.74, 6) is -1.78. The van der Waals surface area contributed by atoms with Gasteiger partial charge >= 0.3 is 0 Å². The van der Waals surface area contributed by atoms with Gasteiger partial charge in [-0.3, -0.25) is 0 Å². The highest BCUT2D eigenvalue weighted by molar-refractivity contribution is 5.97. The highest BCUT2D eigenvalue weighted by Crippen LogP contribution is 2.27. The molecule has 0 atom stereocenters. The van der Waals surface area contributed by atoms with Gasteiger partial charge in [-0.25, -0.2) is 8.78 Å². The summed E-state index contributed by atoms with van der Waals surface area (Å²) in [7, 11) is 1.66. The van der Waals surface area contributed by atoms with E-state index in [1.807, 2.05) is 13.8 Å². The maximum Gasteiger partial charge on any atom is 0.170 e. The second-order valence-corrected chi connectivity index (χ2v) is 4.35. The smallest absolute Gasteiger partial charge is 0.170 e. The molecule has 1 aromatic rings. The molecule has 0 radical (unpaired) electrons. The molecule has 0 saturated carbocycles. The van der Waals surface area contributed by atoms with E-state index in [0.29, 0.717) is 0 Å². The number of hydrogen-bond donors (Lipinski definition) is 2. The Hall–Kier alpha value is -1.85. The molecule has 6 heteroatoms. The van der Waals surface area contributed by atoms with E-state index < -0.39 is 11.6 Å². The fourth-order valence-electron chi connectivity index (χ4n) is 2.13. The van der Waals surface area contributed by atoms with Gasteiger partial charge in [-0.1, -0.05) is 19.0 Å². The van der Waals surface area contributed by atoms with E-state index in [4.69, 9.17) is 10.9 Å². The minimum absolute atomic E-state index is 0.0131. The molecule has 3 N–H and O–H groups in total. The van der Waals surface area contributed by atoms with Gasteiger partial charge in [0.05, 0.1) is 0 Å². The van der Waals surface area contributed by atoms with Crippen LogP contribution in [-0.4, -0.2) is 24.1 Å². The summed E-state index contributed by atoms with van der Waals surface area (Å²) < 4.78 is 28.0. The van der Waals surface area contributed by atoms with Crippen molar-refractivity contribution >= 4 is 11.5 Å². The largest absolute Gasteiger partial charge is 0.409 e. The van der Waals surface area contributed by atoms with Crippen LogP contribution in [0, 0.1) is 11.6 Å². The Bertz CT molecular complexity index is 450. The van der Waals surface area contributed by atoms with Gasteiger partial charge in [0.2, 0.25) is 0 Å². The fraction of sp³-hybridized carbons (Fsp3) is 0.462. The summed E-state index contributed by atoms with van der Waals surface area (Å²) in [6.45, 7) is 3.93. The topological polar surface area (TPSA) is 61.8 Å². The van der Waals surface area contributed by atoms with E-state index >= 15 is 0 Å². The molecule has 0 unspecified atom stereocenters. The summed E-state index contributed by atoms with van der Waals surface area (Å²) >= 11 is 0. The van der Waals surface area contributed by atoms with Gasteiger partial charge in [0.1, 0.15) is 17.3 Å². The van der Waals surface area contributed by atoms with Crippen molar-refractivity contribution in [1.82, 2.24) is 0 Å². The SMILES string of the molecule is CCC(CC)N(C)c1c(F)cc(C(N)=NO)cc1F. The van der Waals surface area contributed by atoms with Gasteiger partial charge in [0.25, 0.3) is 0 Å². The van der Waals surface area contributed by atoms with E-state index in [1.54, 1.807) is 11.9 Å². The predicted octanol–water partition coefficient (Wildman–Crippen LogP) is 2.68. The molecule has 1 aromatic carbocycles. The molecule has 0 aliphatic carbocycles. The number of oxime groups is 1. The van der Waals surface area contributed by atoms with E-state index in [2.05, 4.69) is 5.16 Å². The normalized spacial score (nSPS) is 12.0. The molecule has 0 heterocycles. The Morgan fingerprint density at radius 3 is 2.16 bits per heavy atom. The minimum Gasteiger partial charge on any atom is -0.409 e.